The number of aromatic nitrogens is 1. The van der Waals surface area contributed by atoms with Crippen LogP contribution in [0.5, 0.6) is 0 Å². The predicted octanol–water partition coefficient (Wildman–Crippen LogP) is 3.24. The Labute approximate surface area is 202 Å². The summed E-state index contributed by atoms with van der Waals surface area (Å²) in [4.78, 5) is 32.6. The van der Waals surface area contributed by atoms with Gasteiger partial charge >= 0.3 is 0 Å². The highest BCUT2D eigenvalue weighted by atomic mass is 16.5. The highest BCUT2D eigenvalue weighted by Gasteiger charge is 2.47. The zero-order valence-corrected chi connectivity index (χ0v) is 21.1. The second-order valence-electron chi connectivity index (χ2n) is 9.64. The number of hydrogen-bond donors (Lipinski definition) is 2. The Morgan fingerprint density at radius 1 is 1.44 bits per heavy atom. The van der Waals surface area contributed by atoms with Crippen LogP contribution >= 0.6 is 0 Å². The number of pyridine rings is 1. The molecule has 0 bridgehead atoms. The van der Waals surface area contributed by atoms with E-state index in [4.69, 9.17) is 4.74 Å². The standard InChI is InChI=1S/C26H37N5O3/c1-8-17(2)22-11-19(9-10-28-22)24-30(7)23(16-34-24)18(3)29-21(12-27-6)14-31-13-20(15-32)26(4,5)25(31)33/h9-12,15-17,20,24,27,29H,3,8,13-14H2,1-2,4-7H3/b21-12+. The lowest BCUT2D eigenvalue weighted by molar-refractivity contribution is -0.135. The van der Waals surface area contributed by atoms with Crippen LogP contribution in [0.1, 0.15) is 57.5 Å². The van der Waals surface area contributed by atoms with Gasteiger partial charge in [0.25, 0.3) is 0 Å². The van der Waals surface area contributed by atoms with E-state index in [1.54, 1.807) is 24.4 Å². The summed E-state index contributed by atoms with van der Waals surface area (Å²) >= 11 is 0. The Bertz CT molecular complexity index is 1000. The lowest BCUT2D eigenvalue weighted by atomic mass is 9.82. The number of carbonyl (C=O) groups excluding carboxylic acids is 2. The summed E-state index contributed by atoms with van der Waals surface area (Å²) < 4.78 is 6.00. The average Bonchev–Trinajstić information content (AvgIpc) is 3.30. The third-order valence-corrected chi connectivity index (χ3v) is 6.90. The van der Waals surface area contributed by atoms with Crippen molar-refractivity contribution in [2.45, 2.75) is 46.3 Å². The fraction of sp³-hybridized carbons (Fsp3) is 0.500. The molecule has 3 atom stereocenters. The summed E-state index contributed by atoms with van der Waals surface area (Å²) in [5.74, 6) is 0.0222. The Kier molecular flexibility index (Phi) is 7.69. The van der Waals surface area contributed by atoms with Gasteiger partial charge in [0, 0.05) is 50.2 Å². The fourth-order valence-electron chi connectivity index (χ4n) is 4.34. The first-order chi connectivity index (χ1) is 16.1. The van der Waals surface area contributed by atoms with Gasteiger partial charge in [-0.05, 0) is 24.5 Å². The molecule has 3 unspecified atom stereocenters. The van der Waals surface area contributed by atoms with E-state index >= 15 is 0 Å². The molecular weight excluding hydrogens is 430 g/mol. The van der Waals surface area contributed by atoms with Crippen LogP contribution < -0.4 is 10.6 Å². The summed E-state index contributed by atoms with van der Waals surface area (Å²) in [5.41, 5.74) is 3.62. The minimum absolute atomic E-state index is 0.0330. The van der Waals surface area contributed by atoms with Gasteiger partial charge in [0.05, 0.1) is 29.1 Å². The second-order valence-corrected chi connectivity index (χ2v) is 9.64. The van der Waals surface area contributed by atoms with Crippen molar-refractivity contribution in [2.75, 3.05) is 27.2 Å². The van der Waals surface area contributed by atoms with E-state index in [1.807, 2.05) is 38.1 Å². The molecule has 0 radical (unpaired) electrons. The van der Waals surface area contributed by atoms with Gasteiger partial charge in [-0.15, -0.1) is 0 Å². The molecule has 0 aliphatic carbocycles. The maximum absolute atomic E-state index is 12.9. The molecule has 1 fully saturated rings. The van der Waals surface area contributed by atoms with Crippen molar-refractivity contribution in [3.63, 3.8) is 0 Å². The Morgan fingerprint density at radius 3 is 2.79 bits per heavy atom. The van der Waals surface area contributed by atoms with Crippen molar-refractivity contribution < 1.29 is 14.3 Å². The van der Waals surface area contributed by atoms with Crippen molar-refractivity contribution in [3.05, 3.63) is 65.7 Å². The molecule has 1 amide bonds. The smallest absolute Gasteiger partial charge is 0.229 e. The molecule has 8 nitrogen and oxygen atoms in total. The van der Waals surface area contributed by atoms with Crippen LogP contribution in [0.25, 0.3) is 0 Å². The van der Waals surface area contributed by atoms with Crippen LogP contribution in [0.15, 0.2) is 54.5 Å². The molecule has 2 aliphatic heterocycles. The van der Waals surface area contributed by atoms with E-state index in [0.29, 0.717) is 24.7 Å². The van der Waals surface area contributed by atoms with Gasteiger partial charge in [-0.3, -0.25) is 9.78 Å². The molecule has 8 heteroatoms. The highest BCUT2D eigenvalue weighted by Crippen LogP contribution is 2.36. The van der Waals surface area contributed by atoms with Gasteiger partial charge in [0.2, 0.25) is 5.91 Å². The molecule has 1 aromatic rings. The summed E-state index contributed by atoms with van der Waals surface area (Å²) in [5, 5.41) is 6.35. The Balaban J connectivity index is 1.69. The third kappa shape index (κ3) is 4.95. The van der Waals surface area contributed by atoms with E-state index < -0.39 is 5.41 Å². The Hall–Kier alpha value is -3.29. The molecular formula is C26H37N5O3. The number of amides is 1. The first kappa shape index (κ1) is 25.3. The number of likely N-dealkylation sites (tertiary alicyclic amines) is 1. The van der Waals surface area contributed by atoms with Crippen molar-refractivity contribution in [2.24, 2.45) is 11.3 Å². The van der Waals surface area contributed by atoms with Crippen LogP contribution in [-0.2, 0) is 14.3 Å². The number of nitrogens with zero attached hydrogens (tertiary/aromatic N) is 3. The van der Waals surface area contributed by atoms with Gasteiger partial charge in [0.1, 0.15) is 12.5 Å². The quantitative estimate of drug-likeness (QED) is 0.511. The van der Waals surface area contributed by atoms with Gasteiger partial charge in [0.15, 0.2) is 6.23 Å². The Morgan fingerprint density at radius 2 is 2.18 bits per heavy atom. The van der Waals surface area contributed by atoms with Crippen molar-refractivity contribution >= 4 is 12.2 Å². The van der Waals surface area contributed by atoms with E-state index in [2.05, 4.69) is 42.1 Å². The zero-order chi connectivity index (χ0) is 25.0. The minimum Gasteiger partial charge on any atom is -0.472 e. The molecule has 0 aromatic carbocycles. The van der Waals surface area contributed by atoms with Crippen LogP contribution in [0.2, 0.25) is 0 Å². The molecule has 34 heavy (non-hydrogen) atoms. The van der Waals surface area contributed by atoms with Crippen LogP contribution in [0.4, 0.5) is 0 Å². The first-order valence-corrected chi connectivity index (χ1v) is 11.8. The first-order valence-electron chi connectivity index (χ1n) is 11.8. The molecule has 0 spiro atoms. The van der Waals surface area contributed by atoms with Crippen molar-refractivity contribution in [3.8, 4) is 0 Å². The van der Waals surface area contributed by atoms with Gasteiger partial charge in [-0.25, -0.2) is 0 Å². The largest absolute Gasteiger partial charge is 0.472 e. The predicted molar refractivity (Wildman–Crippen MR) is 132 cm³/mol. The fourth-order valence-corrected chi connectivity index (χ4v) is 4.34. The molecule has 3 rings (SSSR count). The van der Waals surface area contributed by atoms with E-state index in [0.717, 1.165) is 35.4 Å². The zero-order valence-electron chi connectivity index (χ0n) is 21.1. The van der Waals surface area contributed by atoms with Crippen molar-refractivity contribution in [1.82, 2.24) is 25.4 Å². The summed E-state index contributed by atoms with van der Waals surface area (Å²) in [6, 6.07) is 4.06. The molecule has 1 aromatic heterocycles. The highest BCUT2D eigenvalue weighted by molar-refractivity contribution is 5.88. The lowest BCUT2D eigenvalue weighted by Gasteiger charge is -2.26. The molecule has 184 valence electrons. The second kappa shape index (κ2) is 10.3. The van der Waals surface area contributed by atoms with Crippen LogP contribution in [-0.4, -0.2) is 54.2 Å². The number of hydrogen-bond acceptors (Lipinski definition) is 7. The number of carbonyl (C=O) groups is 2. The van der Waals surface area contributed by atoms with E-state index in [-0.39, 0.29) is 18.1 Å². The molecule has 0 saturated carbocycles. The molecule has 2 N–H and O–H groups in total. The maximum atomic E-state index is 12.9. The van der Waals surface area contributed by atoms with Gasteiger partial charge in [-0.1, -0.05) is 34.3 Å². The number of rotatable bonds is 10. The summed E-state index contributed by atoms with van der Waals surface area (Å²) in [6.07, 6.45) is 6.96. The number of aldehydes is 1. The van der Waals surface area contributed by atoms with Gasteiger partial charge in [-0.2, -0.15) is 0 Å². The lowest BCUT2D eigenvalue weighted by Crippen LogP contribution is -2.36. The molecule has 2 aliphatic rings. The monoisotopic (exact) mass is 467 g/mol. The maximum Gasteiger partial charge on any atom is 0.229 e. The SMILES string of the molecule is C=C(N/C(=C/NC)CN1CC(C=O)C(C)(C)C1=O)C1=COC(c2ccnc(C(C)CC)c2)N1C. The van der Waals surface area contributed by atoms with E-state index in [9.17, 15) is 9.59 Å². The molecule has 1 saturated heterocycles. The molecule has 3 heterocycles. The van der Waals surface area contributed by atoms with Crippen LogP contribution in [0.3, 0.4) is 0 Å². The topological polar surface area (TPSA) is 86.8 Å². The summed E-state index contributed by atoms with van der Waals surface area (Å²) in [6.45, 7) is 12.9. The summed E-state index contributed by atoms with van der Waals surface area (Å²) in [7, 11) is 3.76. The van der Waals surface area contributed by atoms with Crippen molar-refractivity contribution in [1.29, 1.82) is 0 Å². The van der Waals surface area contributed by atoms with Crippen LogP contribution in [0, 0.1) is 11.3 Å². The number of ether oxygens (including phenoxy) is 1. The average molecular weight is 468 g/mol. The number of nitrogens with one attached hydrogen (secondary N) is 2. The normalized spacial score (nSPS) is 22.8. The van der Waals surface area contributed by atoms with Gasteiger partial charge < -0.3 is 30.0 Å². The minimum atomic E-state index is -0.697. The van der Waals surface area contributed by atoms with E-state index in [1.165, 1.54) is 0 Å². The number of likely N-dealkylation sites (N-methyl/N-ethyl adjacent to an activating group) is 1. The third-order valence-electron chi connectivity index (χ3n) is 6.90.